The molecule has 0 saturated carbocycles. The Hall–Kier alpha value is -4.22. The molecule has 1 aliphatic rings. The zero-order valence-electron chi connectivity index (χ0n) is 22.9. The van der Waals surface area contributed by atoms with Crippen molar-refractivity contribution >= 4 is 40.9 Å². The van der Waals surface area contributed by atoms with E-state index in [-0.39, 0.29) is 36.0 Å². The third kappa shape index (κ3) is 7.30. The molecule has 12 heteroatoms. The number of benzene rings is 2. The molecule has 3 aromatic rings. The highest BCUT2D eigenvalue weighted by Gasteiger charge is 2.40. The number of ether oxygens (including phenoxy) is 2. The number of urea groups is 1. The standard InChI is InChI=1S/C29H30ClFN4O6/c1-29(2,3)41-27(38)20-10-12-22(33-25(20)36)16-5-11-23(21(31)13-16)34-26(37)24-14-19(40-4)15-35(24)28(39)32-18-8-6-17(30)7-9-18/h5-13,19,24H,14-15H2,1-4H3,(H,32,39)(H,33,36)(H,34,37)/t19-,24-/m1/s1. The van der Waals surface area contributed by atoms with E-state index < -0.39 is 40.9 Å². The summed E-state index contributed by atoms with van der Waals surface area (Å²) < 4.78 is 25.7. The Bertz CT molecular complexity index is 1520. The van der Waals surface area contributed by atoms with Crippen LogP contribution in [0.5, 0.6) is 0 Å². The lowest BCUT2D eigenvalue weighted by atomic mass is 10.1. The Balaban J connectivity index is 1.48. The molecule has 1 aliphatic heterocycles. The summed E-state index contributed by atoms with van der Waals surface area (Å²) in [5.74, 6) is -2.11. The van der Waals surface area contributed by atoms with Crippen LogP contribution in [0, 0.1) is 5.82 Å². The highest BCUT2D eigenvalue weighted by Crippen LogP contribution is 2.26. The normalized spacial score (nSPS) is 16.8. The van der Waals surface area contributed by atoms with E-state index in [1.54, 1.807) is 45.0 Å². The third-order valence-corrected chi connectivity index (χ3v) is 6.57. The Morgan fingerprint density at radius 1 is 1.05 bits per heavy atom. The number of methoxy groups -OCH3 is 1. The lowest BCUT2D eigenvalue weighted by Crippen LogP contribution is -2.45. The van der Waals surface area contributed by atoms with Crippen LogP contribution >= 0.6 is 11.6 Å². The van der Waals surface area contributed by atoms with Gasteiger partial charge in [-0.05, 0) is 69.3 Å². The van der Waals surface area contributed by atoms with E-state index in [9.17, 15) is 19.2 Å². The molecule has 4 rings (SSSR count). The lowest BCUT2D eigenvalue weighted by molar-refractivity contribution is -0.119. The Morgan fingerprint density at radius 3 is 2.37 bits per heavy atom. The molecular formula is C29H30ClFN4O6. The van der Waals surface area contributed by atoms with Gasteiger partial charge in [-0.3, -0.25) is 9.59 Å². The second-order valence-electron chi connectivity index (χ2n) is 10.5. The van der Waals surface area contributed by atoms with Gasteiger partial charge >= 0.3 is 12.0 Å². The van der Waals surface area contributed by atoms with Crippen LogP contribution in [-0.2, 0) is 14.3 Å². The van der Waals surface area contributed by atoms with Crippen LogP contribution < -0.4 is 16.2 Å². The van der Waals surface area contributed by atoms with Gasteiger partial charge in [0.1, 0.15) is 23.0 Å². The van der Waals surface area contributed by atoms with Crippen molar-refractivity contribution in [2.24, 2.45) is 0 Å². The molecule has 1 saturated heterocycles. The summed E-state index contributed by atoms with van der Waals surface area (Å²) in [6.07, 6.45) is -0.157. The zero-order chi connectivity index (χ0) is 29.9. The number of esters is 1. The molecule has 3 N–H and O–H groups in total. The van der Waals surface area contributed by atoms with Crippen molar-refractivity contribution in [3.63, 3.8) is 0 Å². The summed E-state index contributed by atoms with van der Waals surface area (Å²) in [5, 5.41) is 5.79. The number of aromatic amines is 1. The number of H-pyrrole nitrogens is 1. The minimum absolute atomic E-state index is 0.106. The van der Waals surface area contributed by atoms with Gasteiger partial charge < -0.3 is 30.0 Å². The van der Waals surface area contributed by atoms with E-state index in [0.29, 0.717) is 16.3 Å². The molecule has 216 valence electrons. The molecule has 0 radical (unpaired) electrons. The molecule has 3 amide bonds. The topological polar surface area (TPSA) is 130 Å². The Morgan fingerprint density at radius 2 is 1.76 bits per heavy atom. The summed E-state index contributed by atoms with van der Waals surface area (Å²) in [7, 11) is 1.49. The molecule has 1 aromatic heterocycles. The summed E-state index contributed by atoms with van der Waals surface area (Å²) in [6, 6.07) is 11.9. The number of halogens is 2. The van der Waals surface area contributed by atoms with Crippen LogP contribution in [0.1, 0.15) is 37.6 Å². The fraction of sp³-hybridized carbons (Fsp3) is 0.310. The second-order valence-corrected chi connectivity index (χ2v) is 10.9. The van der Waals surface area contributed by atoms with Gasteiger partial charge in [-0.15, -0.1) is 0 Å². The molecule has 0 bridgehead atoms. The number of amides is 3. The number of carbonyl (C=O) groups is 3. The number of nitrogens with zero attached hydrogens (tertiary/aromatic N) is 1. The van der Waals surface area contributed by atoms with E-state index in [0.717, 1.165) is 6.07 Å². The first kappa shape index (κ1) is 29.8. The van der Waals surface area contributed by atoms with E-state index in [1.807, 2.05) is 0 Å². The number of likely N-dealkylation sites (tertiary alicyclic amines) is 1. The van der Waals surface area contributed by atoms with E-state index in [2.05, 4.69) is 15.6 Å². The molecule has 0 aliphatic carbocycles. The summed E-state index contributed by atoms with van der Waals surface area (Å²) in [4.78, 5) is 54.8. The number of pyridine rings is 1. The number of nitrogens with one attached hydrogen (secondary N) is 3. The fourth-order valence-electron chi connectivity index (χ4n) is 4.31. The predicted octanol–water partition coefficient (Wildman–Crippen LogP) is 5.05. The number of anilines is 2. The summed E-state index contributed by atoms with van der Waals surface area (Å²) in [6.45, 7) is 5.23. The molecule has 2 heterocycles. The molecular weight excluding hydrogens is 555 g/mol. The molecule has 2 atom stereocenters. The van der Waals surface area contributed by atoms with Gasteiger partial charge in [-0.1, -0.05) is 17.7 Å². The van der Waals surface area contributed by atoms with E-state index in [1.165, 1.54) is 36.3 Å². The average Bonchev–Trinajstić information content (AvgIpc) is 3.35. The van der Waals surface area contributed by atoms with E-state index in [4.69, 9.17) is 21.1 Å². The van der Waals surface area contributed by atoms with Gasteiger partial charge in [0.05, 0.1) is 11.8 Å². The lowest BCUT2D eigenvalue weighted by Gasteiger charge is -2.24. The van der Waals surface area contributed by atoms with Crippen LogP contribution in [0.3, 0.4) is 0 Å². The van der Waals surface area contributed by atoms with Crippen LogP contribution in [-0.4, -0.2) is 59.2 Å². The van der Waals surface area contributed by atoms with Gasteiger partial charge in [-0.2, -0.15) is 0 Å². The van der Waals surface area contributed by atoms with Gasteiger partial charge in [0, 0.05) is 42.0 Å². The smallest absolute Gasteiger partial charge is 0.344 e. The third-order valence-electron chi connectivity index (χ3n) is 6.32. The van der Waals surface area contributed by atoms with Crippen molar-refractivity contribution in [2.45, 2.75) is 44.9 Å². The molecule has 2 aromatic carbocycles. The SMILES string of the molecule is CO[C@@H]1C[C@H](C(=O)Nc2ccc(-c3ccc(C(=O)OC(C)(C)C)c(=O)[nH]3)cc2F)N(C(=O)Nc2ccc(Cl)cc2)C1. The van der Waals surface area contributed by atoms with Gasteiger partial charge in [-0.25, -0.2) is 14.0 Å². The van der Waals surface area contributed by atoms with Gasteiger partial charge in [0.25, 0.3) is 5.56 Å². The first-order valence-electron chi connectivity index (χ1n) is 12.8. The molecule has 10 nitrogen and oxygen atoms in total. The first-order valence-corrected chi connectivity index (χ1v) is 13.2. The summed E-state index contributed by atoms with van der Waals surface area (Å²) >= 11 is 5.90. The van der Waals surface area contributed by atoms with Crippen LogP contribution in [0.15, 0.2) is 59.4 Å². The van der Waals surface area contributed by atoms with Crippen molar-refractivity contribution in [1.82, 2.24) is 9.88 Å². The van der Waals surface area contributed by atoms with Gasteiger partial charge in [0.15, 0.2) is 0 Å². The Labute approximate surface area is 240 Å². The zero-order valence-corrected chi connectivity index (χ0v) is 23.7. The monoisotopic (exact) mass is 584 g/mol. The Kier molecular flexibility index (Phi) is 8.79. The first-order chi connectivity index (χ1) is 19.3. The number of carbonyl (C=O) groups excluding carboxylic acids is 3. The molecule has 0 spiro atoms. The number of hydrogen-bond donors (Lipinski definition) is 3. The van der Waals surface area contributed by atoms with Crippen LogP contribution in [0.4, 0.5) is 20.6 Å². The number of hydrogen-bond acceptors (Lipinski definition) is 6. The number of aromatic nitrogens is 1. The van der Waals surface area contributed by atoms with Crippen molar-refractivity contribution in [3.05, 3.63) is 81.4 Å². The minimum atomic E-state index is -0.914. The predicted molar refractivity (Wildman–Crippen MR) is 153 cm³/mol. The van der Waals surface area contributed by atoms with E-state index >= 15 is 4.39 Å². The minimum Gasteiger partial charge on any atom is -0.456 e. The van der Waals surface area contributed by atoms with Crippen molar-refractivity contribution in [2.75, 3.05) is 24.3 Å². The molecule has 41 heavy (non-hydrogen) atoms. The van der Waals surface area contributed by atoms with Crippen molar-refractivity contribution in [3.8, 4) is 11.3 Å². The van der Waals surface area contributed by atoms with Gasteiger partial charge in [0.2, 0.25) is 5.91 Å². The molecule has 1 fully saturated rings. The van der Waals surface area contributed by atoms with Crippen molar-refractivity contribution < 1.29 is 28.2 Å². The highest BCUT2D eigenvalue weighted by molar-refractivity contribution is 6.30. The highest BCUT2D eigenvalue weighted by atomic mass is 35.5. The molecule has 0 unspecified atom stereocenters. The van der Waals surface area contributed by atoms with Crippen molar-refractivity contribution in [1.29, 1.82) is 0 Å². The second kappa shape index (κ2) is 12.1. The average molecular weight is 585 g/mol. The largest absolute Gasteiger partial charge is 0.456 e. The quantitative estimate of drug-likeness (QED) is 0.348. The summed E-state index contributed by atoms with van der Waals surface area (Å²) in [5.41, 5.74) is -0.653. The maximum Gasteiger partial charge on any atom is 0.344 e. The fourth-order valence-corrected chi connectivity index (χ4v) is 4.43. The maximum atomic E-state index is 15.1. The van der Waals surface area contributed by atoms with Crippen LogP contribution in [0.2, 0.25) is 5.02 Å². The number of rotatable bonds is 6. The van der Waals surface area contributed by atoms with Crippen LogP contribution in [0.25, 0.3) is 11.3 Å². The maximum absolute atomic E-state index is 15.1.